The standard InChI is InChI=1S/C33H36N4O4S/c1-3-34-32(39)37-19-27-7-4-5-8-28(27)24-13-15-26(16-14-24)31-40-29(21-42-33-35-17-6-18-36-33)22(2)30(41-31)25-11-9-23(20-38)10-12-25/h4-18,22,29-31,38H,3,19-21H2,1-2H3,(H2,34,37,39). The molecule has 1 fully saturated rings. The second-order valence-corrected chi connectivity index (χ2v) is 11.1. The summed E-state index contributed by atoms with van der Waals surface area (Å²) in [5.41, 5.74) is 5.96. The van der Waals surface area contributed by atoms with Gasteiger partial charge in [-0.25, -0.2) is 14.8 Å². The molecule has 0 bridgehead atoms. The molecule has 5 rings (SSSR count). The second-order valence-electron chi connectivity index (χ2n) is 10.2. The van der Waals surface area contributed by atoms with Gasteiger partial charge in [-0.2, -0.15) is 0 Å². The van der Waals surface area contributed by atoms with Gasteiger partial charge in [0.15, 0.2) is 11.4 Å². The molecule has 1 aliphatic heterocycles. The van der Waals surface area contributed by atoms with Crippen LogP contribution in [-0.4, -0.2) is 39.5 Å². The van der Waals surface area contributed by atoms with Crippen molar-refractivity contribution in [1.82, 2.24) is 20.6 Å². The van der Waals surface area contributed by atoms with E-state index in [1.165, 1.54) is 0 Å². The number of hydrogen-bond donors (Lipinski definition) is 3. The summed E-state index contributed by atoms with van der Waals surface area (Å²) in [6.07, 6.45) is 2.62. The van der Waals surface area contributed by atoms with E-state index in [0.29, 0.717) is 24.0 Å². The fourth-order valence-electron chi connectivity index (χ4n) is 5.00. The summed E-state index contributed by atoms with van der Waals surface area (Å²) in [7, 11) is 0. The van der Waals surface area contributed by atoms with E-state index in [0.717, 1.165) is 33.4 Å². The Morgan fingerprint density at radius 2 is 1.62 bits per heavy atom. The first-order chi connectivity index (χ1) is 20.6. The number of urea groups is 1. The predicted molar refractivity (Wildman–Crippen MR) is 164 cm³/mol. The Bertz CT molecular complexity index is 1440. The second kappa shape index (κ2) is 14.4. The van der Waals surface area contributed by atoms with E-state index in [2.05, 4.69) is 45.7 Å². The first-order valence-corrected chi connectivity index (χ1v) is 15.1. The lowest BCUT2D eigenvalue weighted by Gasteiger charge is -2.41. The number of thioether (sulfide) groups is 1. The van der Waals surface area contributed by atoms with Crippen LogP contribution in [0.3, 0.4) is 0 Å². The number of ether oxygens (including phenoxy) is 2. The van der Waals surface area contributed by atoms with Crippen molar-refractivity contribution in [3.63, 3.8) is 0 Å². The van der Waals surface area contributed by atoms with E-state index >= 15 is 0 Å². The summed E-state index contributed by atoms with van der Waals surface area (Å²) in [5.74, 6) is 0.751. The van der Waals surface area contributed by atoms with Crippen molar-refractivity contribution < 1.29 is 19.4 Å². The largest absolute Gasteiger partial charge is 0.392 e. The molecule has 2 heterocycles. The number of carbonyl (C=O) groups excluding carboxylic acids is 1. The third kappa shape index (κ3) is 7.35. The Hall–Kier alpha value is -3.76. The molecular weight excluding hydrogens is 548 g/mol. The molecule has 42 heavy (non-hydrogen) atoms. The Balaban J connectivity index is 1.36. The summed E-state index contributed by atoms with van der Waals surface area (Å²) >= 11 is 1.57. The SMILES string of the molecule is CCNC(=O)NCc1ccccc1-c1ccc(C2OC(CSc3ncccn3)C(C)C(c3ccc(CO)cc3)O2)cc1. The van der Waals surface area contributed by atoms with Crippen LogP contribution in [0.25, 0.3) is 11.1 Å². The van der Waals surface area contributed by atoms with Crippen molar-refractivity contribution in [3.05, 3.63) is 114 Å². The number of aromatic nitrogens is 2. The summed E-state index contributed by atoms with van der Waals surface area (Å²) < 4.78 is 13.2. The summed E-state index contributed by atoms with van der Waals surface area (Å²) in [6.45, 7) is 5.04. The average molecular weight is 585 g/mol. The van der Waals surface area contributed by atoms with E-state index in [1.807, 2.05) is 67.6 Å². The van der Waals surface area contributed by atoms with E-state index < -0.39 is 6.29 Å². The van der Waals surface area contributed by atoms with Crippen molar-refractivity contribution in [2.45, 2.75) is 50.7 Å². The molecule has 0 aliphatic carbocycles. The van der Waals surface area contributed by atoms with Gasteiger partial charge in [0.2, 0.25) is 0 Å². The van der Waals surface area contributed by atoms with Gasteiger partial charge in [-0.05, 0) is 40.8 Å². The molecule has 4 atom stereocenters. The van der Waals surface area contributed by atoms with Crippen LogP contribution in [-0.2, 0) is 22.6 Å². The zero-order chi connectivity index (χ0) is 29.3. The summed E-state index contributed by atoms with van der Waals surface area (Å²) in [6, 6.07) is 25.8. The van der Waals surface area contributed by atoms with E-state index in [9.17, 15) is 9.90 Å². The molecule has 218 valence electrons. The highest BCUT2D eigenvalue weighted by molar-refractivity contribution is 7.99. The first-order valence-electron chi connectivity index (χ1n) is 14.2. The van der Waals surface area contributed by atoms with Gasteiger partial charge in [-0.3, -0.25) is 0 Å². The number of benzene rings is 3. The lowest BCUT2D eigenvalue weighted by Crippen LogP contribution is -2.38. The summed E-state index contributed by atoms with van der Waals surface area (Å²) in [4.78, 5) is 20.7. The number of aliphatic hydroxyl groups excluding tert-OH is 1. The highest BCUT2D eigenvalue weighted by atomic mass is 32.2. The first kappa shape index (κ1) is 29.7. The molecule has 4 unspecified atom stereocenters. The van der Waals surface area contributed by atoms with Gasteiger partial charge in [-0.1, -0.05) is 91.5 Å². The van der Waals surface area contributed by atoms with Crippen LogP contribution in [0, 0.1) is 5.92 Å². The van der Waals surface area contributed by atoms with Crippen LogP contribution >= 0.6 is 11.8 Å². The lowest BCUT2D eigenvalue weighted by atomic mass is 9.91. The van der Waals surface area contributed by atoms with Crippen molar-refractivity contribution in [2.24, 2.45) is 5.92 Å². The topological polar surface area (TPSA) is 106 Å². The Morgan fingerprint density at radius 1 is 0.905 bits per heavy atom. The van der Waals surface area contributed by atoms with Crippen LogP contribution in [0.5, 0.6) is 0 Å². The minimum atomic E-state index is -0.560. The van der Waals surface area contributed by atoms with Gasteiger partial charge in [-0.15, -0.1) is 0 Å². The van der Waals surface area contributed by atoms with Crippen LogP contribution in [0.2, 0.25) is 0 Å². The van der Waals surface area contributed by atoms with Gasteiger partial charge in [0.1, 0.15) is 0 Å². The lowest BCUT2D eigenvalue weighted by molar-refractivity contribution is -0.268. The summed E-state index contributed by atoms with van der Waals surface area (Å²) in [5, 5.41) is 15.9. The van der Waals surface area contributed by atoms with Crippen LogP contribution < -0.4 is 10.6 Å². The maximum Gasteiger partial charge on any atom is 0.315 e. The molecule has 0 spiro atoms. The third-order valence-electron chi connectivity index (χ3n) is 7.33. The fourth-order valence-corrected chi connectivity index (χ4v) is 5.97. The maximum atomic E-state index is 12.0. The molecule has 3 N–H and O–H groups in total. The Morgan fingerprint density at radius 3 is 2.33 bits per heavy atom. The number of nitrogens with one attached hydrogen (secondary N) is 2. The third-order valence-corrected chi connectivity index (χ3v) is 8.29. The highest BCUT2D eigenvalue weighted by Crippen LogP contribution is 2.43. The van der Waals surface area contributed by atoms with Crippen molar-refractivity contribution in [3.8, 4) is 11.1 Å². The Labute approximate surface area is 250 Å². The number of amides is 2. The van der Waals surface area contributed by atoms with Crippen molar-refractivity contribution >= 4 is 17.8 Å². The molecule has 4 aromatic rings. The van der Waals surface area contributed by atoms with Gasteiger partial charge < -0.3 is 25.2 Å². The van der Waals surface area contributed by atoms with Gasteiger partial charge in [0, 0.05) is 42.7 Å². The minimum Gasteiger partial charge on any atom is -0.392 e. The number of hydrogen-bond acceptors (Lipinski definition) is 7. The quantitative estimate of drug-likeness (QED) is 0.154. The van der Waals surface area contributed by atoms with Crippen LogP contribution in [0.4, 0.5) is 4.79 Å². The smallest absolute Gasteiger partial charge is 0.315 e. The molecule has 0 saturated carbocycles. The number of carbonyl (C=O) groups is 1. The maximum absolute atomic E-state index is 12.0. The molecule has 1 aromatic heterocycles. The molecule has 0 radical (unpaired) electrons. The monoisotopic (exact) mass is 584 g/mol. The van der Waals surface area contributed by atoms with E-state index in [-0.39, 0.29) is 30.8 Å². The minimum absolute atomic E-state index is 0.000903. The normalized spacial score (nSPS) is 20.2. The highest BCUT2D eigenvalue weighted by Gasteiger charge is 2.38. The number of rotatable bonds is 10. The average Bonchev–Trinajstić information content (AvgIpc) is 3.04. The van der Waals surface area contributed by atoms with Crippen molar-refractivity contribution in [1.29, 1.82) is 0 Å². The van der Waals surface area contributed by atoms with E-state index in [1.54, 1.807) is 24.2 Å². The van der Waals surface area contributed by atoms with Crippen molar-refractivity contribution in [2.75, 3.05) is 12.3 Å². The molecule has 9 heteroatoms. The Kier molecular flexibility index (Phi) is 10.2. The van der Waals surface area contributed by atoms with Gasteiger partial charge in [0.25, 0.3) is 0 Å². The zero-order valence-electron chi connectivity index (χ0n) is 23.8. The predicted octanol–water partition coefficient (Wildman–Crippen LogP) is 6.04. The number of nitrogens with zero attached hydrogens (tertiary/aromatic N) is 2. The fraction of sp³-hybridized carbons (Fsp3) is 0.303. The zero-order valence-corrected chi connectivity index (χ0v) is 24.6. The van der Waals surface area contributed by atoms with Gasteiger partial charge >= 0.3 is 6.03 Å². The molecular formula is C33H36N4O4S. The molecule has 3 aromatic carbocycles. The molecule has 1 saturated heterocycles. The molecule has 1 aliphatic rings. The number of aliphatic hydroxyl groups is 1. The van der Waals surface area contributed by atoms with Crippen LogP contribution in [0.15, 0.2) is 96.4 Å². The van der Waals surface area contributed by atoms with Crippen LogP contribution in [0.1, 0.15) is 48.5 Å². The molecule has 2 amide bonds. The van der Waals surface area contributed by atoms with Gasteiger partial charge in [0.05, 0.1) is 18.8 Å². The molecule has 8 nitrogen and oxygen atoms in total. The van der Waals surface area contributed by atoms with E-state index in [4.69, 9.17) is 9.47 Å².